The molecule has 0 saturated heterocycles. The van der Waals surface area contributed by atoms with Gasteiger partial charge in [-0.2, -0.15) is 0 Å². The van der Waals surface area contributed by atoms with Gasteiger partial charge in [0.15, 0.2) is 0 Å². The molecule has 7 heteroatoms. The summed E-state index contributed by atoms with van der Waals surface area (Å²) in [5.41, 5.74) is 1.00. The lowest BCUT2D eigenvalue weighted by Crippen LogP contribution is -2.11. The van der Waals surface area contributed by atoms with Gasteiger partial charge in [-0.25, -0.2) is 14.8 Å². The molecular weight excluding hydrogens is 342 g/mol. The van der Waals surface area contributed by atoms with Crippen LogP contribution in [0.15, 0.2) is 22.1 Å². The van der Waals surface area contributed by atoms with Crippen LogP contribution >= 0.6 is 27.3 Å². The van der Waals surface area contributed by atoms with Crippen molar-refractivity contribution < 1.29 is 9.53 Å². The van der Waals surface area contributed by atoms with E-state index in [9.17, 15) is 4.79 Å². The molecule has 0 radical (unpaired) electrons. The molecule has 0 saturated carbocycles. The predicted molar refractivity (Wildman–Crippen MR) is 82.1 cm³/mol. The van der Waals surface area contributed by atoms with Crippen LogP contribution in [0.1, 0.15) is 27.9 Å². The maximum absolute atomic E-state index is 11.6. The average Bonchev–Trinajstić information content (AvgIpc) is 2.82. The first-order valence-electron chi connectivity index (χ1n) is 6.07. The fourth-order valence-electron chi connectivity index (χ4n) is 1.57. The lowest BCUT2D eigenvalue weighted by Gasteiger charge is -2.07. The third-order valence-electron chi connectivity index (χ3n) is 2.52. The second-order valence-electron chi connectivity index (χ2n) is 4.00. The fraction of sp³-hybridized carbons (Fsp3) is 0.308. The van der Waals surface area contributed by atoms with Gasteiger partial charge in [0.1, 0.15) is 0 Å². The van der Waals surface area contributed by atoms with E-state index in [1.54, 1.807) is 25.2 Å². The Hall–Kier alpha value is -1.47. The minimum absolute atomic E-state index is 0.339. The summed E-state index contributed by atoms with van der Waals surface area (Å²) < 4.78 is 6.00. The Morgan fingerprint density at radius 2 is 2.35 bits per heavy atom. The maximum Gasteiger partial charge on any atom is 0.341 e. The van der Waals surface area contributed by atoms with E-state index in [4.69, 9.17) is 4.74 Å². The molecule has 2 rings (SSSR count). The van der Waals surface area contributed by atoms with Gasteiger partial charge in [-0.1, -0.05) is 0 Å². The Morgan fingerprint density at radius 1 is 1.55 bits per heavy atom. The molecule has 5 nitrogen and oxygen atoms in total. The van der Waals surface area contributed by atoms with Gasteiger partial charge in [0, 0.05) is 20.9 Å². The number of thiophene rings is 1. The number of halogens is 1. The zero-order chi connectivity index (χ0) is 14.5. The van der Waals surface area contributed by atoms with Gasteiger partial charge < -0.3 is 10.1 Å². The van der Waals surface area contributed by atoms with E-state index in [0.29, 0.717) is 30.4 Å². The number of ether oxygens (including phenoxy) is 1. The number of aromatic nitrogens is 2. The van der Waals surface area contributed by atoms with Gasteiger partial charge in [-0.15, -0.1) is 11.3 Å². The Bertz CT molecular complexity index is 615. The molecular formula is C13H14BrN3O2S. The first-order valence-corrected chi connectivity index (χ1v) is 7.75. The highest BCUT2D eigenvalue weighted by Crippen LogP contribution is 2.20. The summed E-state index contributed by atoms with van der Waals surface area (Å²) in [6.45, 7) is 4.52. The molecule has 2 aromatic heterocycles. The number of esters is 1. The van der Waals surface area contributed by atoms with Crippen LogP contribution in [-0.2, 0) is 11.3 Å². The highest BCUT2D eigenvalue weighted by Gasteiger charge is 2.12. The largest absolute Gasteiger partial charge is 0.462 e. The fourth-order valence-corrected chi connectivity index (χ4v) is 2.96. The summed E-state index contributed by atoms with van der Waals surface area (Å²) in [6, 6.07) is 2.04. The molecule has 0 amide bonds. The molecule has 0 fully saturated rings. The van der Waals surface area contributed by atoms with E-state index in [1.165, 1.54) is 11.1 Å². The summed E-state index contributed by atoms with van der Waals surface area (Å²) in [7, 11) is 0. The van der Waals surface area contributed by atoms with Crippen molar-refractivity contribution in [3.8, 4) is 0 Å². The van der Waals surface area contributed by atoms with E-state index >= 15 is 0 Å². The Morgan fingerprint density at radius 3 is 2.95 bits per heavy atom. The SMILES string of the molecule is CCOC(=O)c1cnc(NCc2cc(Br)cs2)nc1C. The first-order chi connectivity index (χ1) is 9.60. The van der Waals surface area contributed by atoms with Gasteiger partial charge >= 0.3 is 5.97 Å². The van der Waals surface area contributed by atoms with Gasteiger partial charge in [0.25, 0.3) is 0 Å². The molecule has 2 heterocycles. The van der Waals surface area contributed by atoms with Gasteiger partial charge in [0.05, 0.1) is 24.4 Å². The topological polar surface area (TPSA) is 64.1 Å². The van der Waals surface area contributed by atoms with Crippen molar-refractivity contribution in [1.29, 1.82) is 0 Å². The number of carbonyl (C=O) groups is 1. The molecule has 0 aliphatic heterocycles. The minimum atomic E-state index is -0.390. The lowest BCUT2D eigenvalue weighted by atomic mass is 10.2. The second-order valence-corrected chi connectivity index (χ2v) is 5.91. The molecule has 106 valence electrons. The summed E-state index contributed by atoms with van der Waals surface area (Å²) in [5, 5.41) is 5.15. The van der Waals surface area contributed by atoms with Crippen LogP contribution in [0.5, 0.6) is 0 Å². The van der Waals surface area contributed by atoms with Crippen LogP contribution in [0.3, 0.4) is 0 Å². The molecule has 0 aliphatic carbocycles. The molecule has 1 N–H and O–H groups in total. The van der Waals surface area contributed by atoms with Crippen LogP contribution in [0.4, 0.5) is 5.95 Å². The number of hydrogen-bond acceptors (Lipinski definition) is 6. The second kappa shape index (κ2) is 6.81. The van der Waals surface area contributed by atoms with Crippen molar-refractivity contribution in [1.82, 2.24) is 9.97 Å². The molecule has 0 atom stereocenters. The van der Waals surface area contributed by atoms with Crippen molar-refractivity contribution in [3.63, 3.8) is 0 Å². The Balaban J connectivity index is 2.03. The number of nitrogens with one attached hydrogen (secondary N) is 1. The lowest BCUT2D eigenvalue weighted by molar-refractivity contribution is 0.0524. The third kappa shape index (κ3) is 3.77. The third-order valence-corrected chi connectivity index (χ3v) is 4.21. The quantitative estimate of drug-likeness (QED) is 0.832. The molecule has 0 aliphatic rings. The van der Waals surface area contributed by atoms with Crippen LogP contribution < -0.4 is 5.32 Å². The van der Waals surface area contributed by atoms with Crippen LogP contribution in [0.2, 0.25) is 0 Å². The van der Waals surface area contributed by atoms with Gasteiger partial charge in [-0.05, 0) is 35.8 Å². The number of anilines is 1. The van der Waals surface area contributed by atoms with Crippen molar-refractivity contribution in [3.05, 3.63) is 38.3 Å². The maximum atomic E-state index is 11.6. The van der Waals surface area contributed by atoms with Crippen LogP contribution in [0.25, 0.3) is 0 Å². The van der Waals surface area contributed by atoms with E-state index in [-0.39, 0.29) is 0 Å². The van der Waals surface area contributed by atoms with Gasteiger partial charge in [-0.3, -0.25) is 0 Å². The van der Waals surface area contributed by atoms with E-state index in [1.807, 2.05) is 11.4 Å². The number of rotatable bonds is 5. The number of carbonyl (C=O) groups excluding carboxylic acids is 1. The number of nitrogens with zero attached hydrogens (tertiary/aromatic N) is 2. The molecule has 0 aromatic carbocycles. The summed E-state index contributed by atoms with van der Waals surface area (Å²) >= 11 is 5.06. The van der Waals surface area contributed by atoms with E-state index < -0.39 is 5.97 Å². The average molecular weight is 356 g/mol. The monoisotopic (exact) mass is 355 g/mol. The molecule has 20 heavy (non-hydrogen) atoms. The summed E-state index contributed by atoms with van der Waals surface area (Å²) in [6.07, 6.45) is 1.49. The van der Waals surface area contributed by atoms with Crippen molar-refractivity contribution in [2.75, 3.05) is 11.9 Å². The van der Waals surface area contributed by atoms with Gasteiger partial charge in [0.2, 0.25) is 5.95 Å². The van der Waals surface area contributed by atoms with Crippen molar-refractivity contribution >= 4 is 39.2 Å². The molecule has 0 spiro atoms. The zero-order valence-corrected chi connectivity index (χ0v) is 13.5. The molecule has 2 aromatic rings. The first kappa shape index (κ1) is 14.9. The minimum Gasteiger partial charge on any atom is -0.462 e. The van der Waals surface area contributed by atoms with Crippen molar-refractivity contribution in [2.45, 2.75) is 20.4 Å². The van der Waals surface area contributed by atoms with E-state index in [2.05, 4.69) is 31.2 Å². The normalized spacial score (nSPS) is 10.3. The Kier molecular flexibility index (Phi) is 5.08. The van der Waals surface area contributed by atoms with Crippen LogP contribution in [-0.4, -0.2) is 22.5 Å². The van der Waals surface area contributed by atoms with E-state index in [0.717, 1.165) is 4.47 Å². The zero-order valence-electron chi connectivity index (χ0n) is 11.1. The molecule has 0 unspecified atom stereocenters. The highest BCUT2D eigenvalue weighted by atomic mass is 79.9. The Labute approximate surface area is 129 Å². The smallest absolute Gasteiger partial charge is 0.341 e. The van der Waals surface area contributed by atoms with Crippen LogP contribution in [0, 0.1) is 6.92 Å². The standard InChI is InChI=1S/C13H14BrN3O2S/c1-3-19-12(18)11-6-16-13(17-8(11)2)15-5-10-4-9(14)7-20-10/h4,6-7H,3,5H2,1-2H3,(H,15,16,17). The number of hydrogen-bond donors (Lipinski definition) is 1. The predicted octanol–water partition coefficient (Wildman–Crippen LogP) is 3.40. The summed E-state index contributed by atoms with van der Waals surface area (Å²) in [5.74, 6) is 0.110. The molecule has 0 bridgehead atoms. The number of aryl methyl sites for hydroxylation is 1. The highest BCUT2D eigenvalue weighted by molar-refractivity contribution is 9.10. The summed E-state index contributed by atoms with van der Waals surface area (Å²) in [4.78, 5) is 21.2. The van der Waals surface area contributed by atoms with Crippen molar-refractivity contribution in [2.24, 2.45) is 0 Å².